The van der Waals surface area contributed by atoms with Gasteiger partial charge in [0.25, 0.3) is 5.91 Å². The van der Waals surface area contributed by atoms with E-state index in [0.29, 0.717) is 24.5 Å². The number of hydrogen-bond acceptors (Lipinski definition) is 4. The minimum Gasteiger partial charge on any atom is -0.487 e. The molecule has 0 atom stereocenters. The highest BCUT2D eigenvalue weighted by Gasteiger charge is 2.10. The molecule has 1 aliphatic heterocycles. The summed E-state index contributed by atoms with van der Waals surface area (Å²) in [5.74, 6) is 0.620. The van der Waals surface area contributed by atoms with Crippen molar-refractivity contribution in [3.05, 3.63) is 65.6 Å². The number of nitrogens with one attached hydrogen (secondary N) is 1. The summed E-state index contributed by atoms with van der Waals surface area (Å²) in [5, 5.41) is 3.04. The number of aryl methyl sites for hydroxylation is 1. The van der Waals surface area contributed by atoms with E-state index in [1.165, 1.54) is 44.3 Å². The lowest BCUT2D eigenvalue weighted by atomic mass is 10.2. The van der Waals surface area contributed by atoms with Crippen LogP contribution in [0.25, 0.3) is 5.65 Å². The van der Waals surface area contributed by atoms with Crippen molar-refractivity contribution < 1.29 is 9.53 Å². The molecule has 1 fully saturated rings. The second kappa shape index (κ2) is 10.4. The van der Waals surface area contributed by atoms with E-state index in [4.69, 9.17) is 4.74 Å². The molecule has 1 aliphatic rings. The number of aromatic nitrogens is 2. The molecule has 1 N–H and O–H groups in total. The molecule has 1 saturated heterocycles. The Hall–Kier alpha value is -2.86. The number of pyridine rings is 1. The molecule has 0 saturated carbocycles. The largest absolute Gasteiger partial charge is 0.487 e. The van der Waals surface area contributed by atoms with Crippen molar-refractivity contribution in [3.63, 3.8) is 0 Å². The first-order chi connectivity index (χ1) is 15.2. The Balaban J connectivity index is 1.25. The second-order valence-corrected chi connectivity index (χ2v) is 8.39. The van der Waals surface area contributed by atoms with Crippen molar-refractivity contribution >= 4 is 11.6 Å². The van der Waals surface area contributed by atoms with E-state index >= 15 is 0 Å². The average Bonchev–Trinajstić information content (AvgIpc) is 3.00. The third-order valence-electron chi connectivity index (χ3n) is 5.77. The monoisotopic (exact) mass is 420 g/mol. The van der Waals surface area contributed by atoms with E-state index in [2.05, 4.69) is 22.1 Å². The lowest BCUT2D eigenvalue weighted by molar-refractivity contribution is 0.0951. The Morgan fingerprint density at radius 1 is 1.10 bits per heavy atom. The molecular weight excluding hydrogens is 388 g/mol. The van der Waals surface area contributed by atoms with Crippen LogP contribution in [-0.4, -0.2) is 46.4 Å². The fourth-order valence-electron chi connectivity index (χ4n) is 4.08. The summed E-state index contributed by atoms with van der Waals surface area (Å²) >= 11 is 0. The Bertz CT molecular complexity index is 1010. The highest BCUT2D eigenvalue weighted by Crippen LogP contribution is 2.16. The number of likely N-dealkylation sites (tertiary alicyclic amines) is 1. The van der Waals surface area contributed by atoms with Crippen LogP contribution in [0.2, 0.25) is 0 Å². The number of hydrogen-bond donors (Lipinski definition) is 1. The zero-order chi connectivity index (χ0) is 21.5. The molecule has 3 aromatic rings. The van der Waals surface area contributed by atoms with Gasteiger partial charge in [0.1, 0.15) is 18.0 Å². The fraction of sp³-hybridized carbons (Fsp3) is 0.440. The van der Waals surface area contributed by atoms with E-state index in [1.54, 1.807) is 6.07 Å². The van der Waals surface area contributed by atoms with Crippen LogP contribution >= 0.6 is 0 Å². The zero-order valence-corrected chi connectivity index (χ0v) is 18.3. The summed E-state index contributed by atoms with van der Waals surface area (Å²) in [6.07, 6.45) is 10.3. The number of amides is 1. The summed E-state index contributed by atoms with van der Waals surface area (Å²) in [6, 6.07) is 11.4. The van der Waals surface area contributed by atoms with E-state index in [0.717, 1.165) is 24.3 Å². The Morgan fingerprint density at radius 3 is 2.77 bits per heavy atom. The van der Waals surface area contributed by atoms with Crippen LogP contribution < -0.4 is 10.1 Å². The molecule has 0 spiro atoms. The molecule has 0 unspecified atom stereocenters. The van der Waals surface area contributed by atoms with Crippen molar-refractivity contribution in [3.8, 4) is 5.75 Å². The normalized spacial score (nSPS) is 15.0. The average molecular weight is 421 g/mol. The van der Waals surface area contributed by atoms with Gasteiger partial charge in [-0.2, -0.15) is 0 Å². The molecule has 0 aliphatic carbocycles. The van der Waals surface area contributed by atoms with Crippen molar-refractivity contribution in [1.29, 1.82) is 0 Å². The van der Waals surface area contributed by atoms with Crippen molar-refractivity contribution in [1.82, 2.24) is 19.6 Å². The summed E-state index contributed by atoms with van der Waals surface area (Å²) in [6.45, 7) is 6.56. The maximum Gasteiger partial charge on any atom is 0.251 e. The third kappa shape index (κ3) is 6.07. The molecule has 0 bridgehead atoms. The number of fused-ring (bicyclic) bond motifs is 1. The minimum atomic E-state index is -0.0514. The van der Waals surface area contributed by atoms with Gasteiger partial charge in [-0.05, 0) is 75.6 Å². The standard InChI is InChI=1S/C25H32N4O2/c1-20-10-11-24-27-22(18-29(24)17-20)19-31-23-9-6-8-21(16-23)25(30)26-12-7-15-28-13-4-2-3-5-14-28/h6,8-11,16-18H,2-5,7,12-15,19H2,1H3,(H,26,30). The van der Waals surface area contributed by atoms with Crippen LogP contribution in [0.1, 0.15) is 53.7 Å². The van der Waals surface area contributed by atoms with Gasteiger partial charge in [0.2, 0.25) is 0 Å². The van der Waals surface area contributed by atoms with E-state index in [9.17, 15) is 4.79 Å². The Morgan fingerprint density at radius 2 is 1.94 bits per heavy atom. The van der Waals surface area contributed by atoms with Gasteiger partial charge >= 0.3 is 0 Å². The van der Waals surface area contributed by atoms with Crippen molar-refractivity contribution in [2.45, 2.75) is 45.6 Å². The number of carbonyl (C=O) groups excluding carboxylic acids is 1. The first-order valence-electron chi connectivity index (χ1n) is 11.3. The molecule has 4 rings (SSSR count). The van der Waals surface area contributed by atoms with Crippen molar-refractivity contribution in [2.24, 2.45) is 0 Å². The van der Waals surface area contributed by atoms with Gasteiger partial charge in [-0.25, -0.2) is 4.98 Å². The maximum atomic E-state index is 12.5. The van der Waals surface area contributed by atoms with E-state index in [1.807, 2.05) is 47.1 Å². The van der Waals surface area contributed by atoms with E-state index < -0.39 is 0 Å². The summed E-state index contributed by atoms with van der Waals surface area (Å²) in [7, 11) is 0. The maximum absolute atomic E-state index is 12.5. The molecule has 164 valence electrons. The zero-order valence-electron chi connectivity index (χ0n) is 18.3. The smallest absolute Gasteiger partial charge is 0.251 e. The van der Waals surface area contributed by atoms with Crippen LogP contribution in [0, 0.1) is 6.92 Å². The highest BCUT2D eigenvalue weighted by molar-refractivity contribution is 5.94. The summed E-state index contributed by atoms with van der Waals surface area (Å²) in [5.41, 5.74) is 3.56. The van der Waals surface area contributed by atoms with Gasteiger partial charge in [-0.1, -0.05) is 25.0 Å². The van der Waals surface area contributed by atoms with Crippen LogP contribution in [0.15, 0.2) is 48.8 Å². The van der Waals surface area contributed by atoms with Gasteiger partial charge in [0.05, 0.1) is 5.69 Å². The number of imidazole rings is 1. The van der Waals surface area contributed by atoms with Gasteiger partial charge in [-0.3, -0.25) is 4.79 Å². The highest BCUT2D eigenvalue weighted by atomic mass is 16.5. The molecular formula is C25H32N4O2. The predicted octanol–water partition coefficient (Wildman–Crippen LogP) is 4.22. The predicted molar refractivity (Wildman–Crippen MR) is 123 cm³/mol. The lowest BCUT2D eigenvalue weighted by Gasteiger charge is -2.19. The second-order valence-electron chi connectivity index (χ2n) is 8.39. The number of benzene rings is 1. The molecule has 1 aromatic carbocycles. The van der Waals surface area contributed by atoms with Gasteiger partial charge in [0.15, 0.2) is 0 Å². The van der Waals surface area contributed by atoms with Crippen LogP contribution in [0.3, 0.4) is 0 Å². The third-order valence-corrected chi connectivity index (χ3v) is 5.77. The molecule has 0 radical (unpaired) electrons. The molecule has 1 amide bonds. The molecule has 6 heteroatoms. The number of rotatable bonds is 8. The van der Waals surface area contributed by atoms with E-state index in [-0.39, 0.29) is 5.91 Å². The summed E-state index contributed by atoms with van der Waals surface area (Å²) in [4.78, 5) is 19.6. The fourth-order valence-corrected chi connectivity index (χ4v) is 4.08. The first kappa shape index (κ1) is 21.4. The van der Waals surface area contributed by atoms with Crippen LogP contribution in [-0.2, 0) is 6.61 Å². The topological polar surface area (TPSA) is 58.9 Å². The first-order valence-corrected chi connectivity index (χ1v) is 11.3. The lowest BCUT2D eigenvalue weighted by Crippen LogP contribution is -2.30. The molecule has 6 nitrogen and oxygen atoms in total. The van der Waals surface area contributed by atoms with Gasteiger partial charge < -0.3 is 19.4 Å². The van der Waals surface area contributed by atoms with Crippen LogP contribution in [0.5, 0.6) is 5.75 Å². The van der Waals surface area contributed by atoms with Crippen LogP contribution in [0.4, 0.5) is 0 Å². The molecule has 2 aromatic heterocycles. The van der Waals surface area contributed by atoms with Gasteiger partial charge in [0, 0.05) is 24.5 Å². The van der Waals surface area contributed by atoms with Crippen molar-refractivity contribution in [2.75, 3.05) is 26.2 Å². The Kier molecular flexibility index (Phi) is 7.20. The van der Waals surface area contributed by atoms with Gasteiger partial charge in [-0.15, -0.1) is 0 Å². The minimum absolute atomic E-state index is 0.0514. The number of nitrogens with zero attached hydrogens (tertiary/aromatic N) is 3. The Labute approximate surface area is 184 Å². The molecule has 31 heavy (non-hydrogen) atoms. The SMILES string of the molecule is Cc1ccc2nc(COc3cccc(C(=O)NCCCN4CCCCCC4)c3)cn2c1. The summed E-state index contributed by atoms with van der Waals surface area (Å²) < 4.78 is 7.90. The number of ether oxygens (including phenoxy) is 1. The number of carbonyl (C=O) groups is 1. The quantitative estimate of drug-likeness (QED) is 0.555. The molecule has 3 heterocycles.